The van der Waals surface area contributed by atoms with E-state index in [0.29, 0.717) is 0 Å². The van der Waals surface area contributed by atoms with Crippen molar-refractivity contribution in [3.8, 4) is 0 Å². The highest BCUT2D eigenvalue weighted by Gasteiger charge is 2.04. The third kappa shape index (κ3) is 4.48. The molecule has 0 amide bonds. The van der Waals surface area contributed by atoms with Gasteiger partial charge in [-0.2, -0.15) is 5.10 Å². The summed E-state index contributed by atoms with van der Waals surface area (Å²) in [5, 5.41) is 8.02. The number of aryl methyl sites for hydroxylation is 2. The second kappa shape index (κ2) is 7.45. The van der Waals surface area contributed by atoms with Gasteiger partial charge in [-0.1, -0.05) is 13.8 Å². The standard InChI is InChI=1S/C13H26N4/c1-5-12-10-13(17(7-3)15-12)11-14-8-9-16(4)6-2/h10,14H,5-9,11H2,1-4H3. The van der Waals surface area contributed by atoms with Crippen molar-refractivity contribution in [3.63, 3.8) is 0 Å². The van der Waals surface area contributed by atoms with Crippen LogP contribution in [0.3, 0.4) is 0 Å². The molecule has 1 rings (SSSR count). The minimum absolute atomic E-state index is 0.915. The predicted molar refractivity (Wildman–Crippen MR) is 72.2 cm³/mol. The lowest BCUT2D eigenvalue weighted by Gasteiger charge is -2.14. The number of hydrogen-bond donors (Lipinski definition) is 1. The summed E-state index contributed by atoms with van der Waals surface area (Å²) in [4.78, 5) is 2.31. The molecule has 4 heteroatoms. The first kappa shape index (κ1) is 14.2. The maximum atomic E-state index is 4.54. The number of likely N-dealkylation sites (N-methyl/N-ethyl adjacent to an activating group) is 1. The third-order valence-corrected chi connectivity index (χ3v) is 3.09. The van der Waals surface area contributed by atoms with Gasteiger partial charge in [0.05, 0.1) is 11.4 Å². The number of nitrogens with one attached hydrogen (secondary N) is 1. The molecular weight excluding hydrogens is 212 g/mol. The molecular formula is C13H26N4. The van der Waals surface area contributed by atoms with Gasteiger partial charge in [-0.05, 0) is 33.0 Å². The molecule has 1 aromatic heterocycles. The Balaban J connectivity index is 2.37. The Bertz CT molecular complexity index is 319. The molecule has 0 atom stereocenters. The highest BCUT2D eigenvalue weighted by molar-refractivity contribution is 5.10. The van der Waals surface area contributed by atoms with Gasteiger partial charge >= 0.3 is 0 Å². The normalized spacial score (nSPS) is 11.4. The van der Waals surface area contributed by atoms with Crippen molar-refractivity contribution < 1.29 is 0 Å². The van der Waals surface area contributed by atoms with Crippen molar-refractivity contribution in [2.75, 3.05) is 26.7 Å². The van der Waals surface area contributed by atoms with E-state index in [1.165, 1.54) is 11.4 Å². The first-order valence-electron chi connectivity index (χ1n) is 6.66. The molecule has 0 unspecified atom stereocenters. The van der Waals surface area contributed by atoms with E-state index in [-0.39, 0.29) is 0 Å². The van der Waals surface area contributed by atoms with Gasteiger partial charge in [0.15, 0.2) is 0 Å². The number of rotatable bonds is 8. The van der Waals surface area contributed by atoms with Gasteiger partial charge in [-0.25, -0.2) is 0 Å². The molecule has 0 saturated heterocycles. The lowest BCUT2D eigenvalue weighted by molar-refractivity contribution is 0.348. The Morgan fingerprint density at radius 1 is 1.35 bits per heavy atom. The quantitative estimate of drug-likeness (QED) is 0.697. The Morgan fingerprint density at radius 2 is 2.12 bits per heavy atom. The summed E-state index contributed by atoms with van der Waals surface area (Å²) in [5.41, 5.74) is 2.48. The van der Waals surface area contributed by atoms with E-state index >= 15 is 0 Å². The molecule has 17 heavy (non-hydrogen) atoms. The molecule has 0 bridgehead atoms. The van der Waals surface area contributed by atoms with Crippen LogP contribution < -0.4 is 5.32 Å². The van der Waals surface area contributed by atoms with Crippen LogP contribution in [0.15, 0.2) is 6.07 Å². The van der Waals surface area contributed by atoms with Crippen molar-refractivity contribution in [1.82, 2.24) is 20.0 Å². The van der Waals surface area contributed by atoms with Crippen LogP contribution in [0.2, 0.25) is 0 Å². The van der Waals surface area contributed by atoms with Crippen molar-refractivity contribution in [2.24, 2.45) is 0 Å². The van der Waals surface area contributed by atoms with E-state index in [0.717, 1.165) is 39.1 Å². The second-order valence-corrected chi connectivity index (χ2v) is 4.37. The van der Waals surface area contributed by atoms with Crippen LogP contribution in [-0.4, -0.2) is 41.4 Å². The molecule has 1 N–H and O–H groups in total. The number of nitrogens with zero attached hydrogens (tertiary/aromatic N) is 3. The van der Waals surface area contributed by atoms with Gasteiger partial charge in [0, 0.05) is 26.2 Å². The molecule has 0 saturated carbocycles. The molecule has 0 aromatic carbocycles. The fourth-order valence-corrected chi connectivity index (χ4v) is 1.75. The minimum atomic E-state index is 0.915. The molecule has 0 radical (unpaired) electrons. The summed E-state index contributed by atoms with van der Waals surface area (Å²) in [7, 11) is 2.15. The largest absolute Gasteiger partial charge is 0.310 e. The summed E-state index contributed by atoms with van der Waals surface area (Å²) >= 11 is 0. The van der Waals surface area contributed by atoms with Crippen LogP contribution in [-0.2, 0) is 19.5 Å². The summed E-state index contributed by atoms with van der Waals surface area (Å²) < 4.78 is 2.09. The van der Waals surface area contributed by atoms with Crippen LogP contribution in [0.25, 0.3) is 0 Å². The average molecular weight is 238 g/mol. The second-order valence-electron chi connectivity index (χ2n) is 4.37. The highest BCUT2D eigenvalue weighted by Crippen LogP contribution is 2.05. The Morgan fingerprint density at radius 3 is 2.71 bits per heavy atom. The topological polar surface area (TPSA) is 33.1 Å². The summed E-state index contributed by atoms with van der Waals surface area (Å²) in [6.45, 7) is 11.6. The van der Waals surface area contributed by atoms with Gasteiger partial charge < -0.3 is 10.2 Å². The van der Waals surface area contributed by atoms with Crippen molar-refractivity contribution in [1.29, 1.82) is 0 Å². The van der Waals surface area contributed by atoms with Crippen molar-refractivity contribution >= 4 is 0 Å². The Hall–Kier alpha value is -0.870. The summed E-state index contributed by atoms with van der Waals surface area (Å²) in [6.07, 6.45) is 1.01. The summed E-state index contributed by atoms with van der Waals surface area (Å²) in [6, 6.07) is 2.21. The molecule has 0 aliphatic carbocycles. The fraction of sp³-hybridized carbons (Fsp3) is 0.769. The van der Waals surface area contributed by atoms with E-state index < -0.39 is 0 Å². The maximum Gasteiger partial charge on any atom is 0.0625 e. The SMILES string of the molecule is CCc1cc(CNCCN(C)CC)n(CC)n1. The maximum absolute atomic E-state index is 4.54. The van der Waals surface area contributed by atoms with Gasteiger partial charge in [0.25, 0.3) is 0 Å². The van der Waals surface area contributed by atoms with Gasteiger partial charge in [0.2, 0.25) is 0 Å². The zero-order valence-electron chi connectivity index (χ0n) is 11.7. The zero-order valence-corrected chi connectivity index (χ0v) is 11.7. The van der Waals surface area contributed by atoms with Gasteiger partial charge in [-0.15, -0.1) is 0 Å². The molecule has 1 aromatic rings. The number of hydrogen-bond acceptors (Lipinski definition) is 3. The molecule has 0 spiro atoms. The van der Waals surface area contributed by atoms with Gasteiger partial charge in [0.1, 0.15) is 0 Å². The van der Waals surface area contributed by atoms with Crippen LogP contribution in [0.5, 0.6) is 0 Å². The molecule has 0 aliphatic heterocycles. The van der Waals surface area contributed by atoms with Gasteiger partial charge in [-0.3, -0.25) is 4.68 Å². The third-order valence-electron chi connectivity index (χ3n) is 3.09. The van der Waals surface area contributed by atoms with E-state index in [9.17, 15) is 0 Å². The van der Waals surface area contributed by atoms with Crippen molar-refractivity contribution in [3.05, 3.63) is 17.5 Å². The molecule has 4 nitrogen and oxygen atoms in total. The van der Waals surface area contributed by atoms with Crippen molar-refractivity contribution in [2.45, 2.75) is 40.3 Å². The smallest absolute Gasteiger partial charge is 0.0625 e. The number of aromatic nitrogens is 2. The molecule has 1 heterocycles. The molecule has 0 aliphatic rings. The van der Waals surface area contributed by atoms with Crippen LogP contribution in [0.1, 0.15) is 32.2 Å². The fourth-order valence-electron chi connectivity index (χ4n) is 1.75. The summed E-state index contributed by atoms with van der Waals surface area (Å²) in [5.74, 6) is 0. The Kier molecular flexibility index (Phi) is 6.22. The predicted octanol–water partition coefficient (Wildman–Crippen LogP) is 1.51. The van der Waals surface area contributed by atoms with Crippen LogP contribution in [0, 0.1) is 0 Å². The average Bonchev–Trinajstić information content (AvgIpc) is 2.76. The first-order chi connectivity index (χ1) is 8.21. The Labute approximate surface area is 105 Å². The van der Waals surface area contributed by atoms with E-state index in [1.54, 1.807) is 0 Å². The van der Waals surface area contributed by atoms with Crippen LogP contribution >= 0.6 is 0 Å². The monoisotopic (exact) mass is 238 g/mol. The molecule has 0 fully saturated rings. The zero-order chi connectivity index (χ0) is 12.7. The van der Waals surface area contributed by atoms with Crippen LogP contribution in [0.4, 0.5) is 0 Å². The van der Waals surface area contributed by atoms with E-state index in [4.69, 9.17) is 0 Å². The lowest BCUT2D eigenvalue weighted by atomic mass is 10.3. The van der Waals surface area contributed by atoms with E-state index in [1.807, 2.05) is 0 Å². The minimum Gasteiger partial charge on any atom is -0.310 e. The molecule has 98 valence electrons. The first-order valence-corrected chi connectivity index (χ1v) is 6.66. The lowest BCUT2D eigenvalue weighted by Crippen LogP contribution is -2.29. The van der Waals surface area contributed by atoms with E-state index in [2.05, 4.69) is 53.9 Å². The highest BCUT2D eigenvalue weighted by atomic mass is 15.3.